The first-order valence-corrected chi connectivity index (χ1v) is 6.61. The molecule has 104 valence electrons. The van der Waals surface area contributed by atoms with Crippen molar-refractivity contribution in [2.24, 2.45) is 10.9 Å². The van der Waals surface area contributed by atoms with Crippen LogP contribution in [0.3, 0.4) is 0 Å². The Morgan fingerprint density at radius 2 is 1.80 bits per heavy atom. The van der Waals surface area contributed by atoms with Gasteiger partial charge in [0.25, 0.3) is 0 Å². The van der Waals surface area contributed by atoms with Gasteiger partial charge in [0.15, 0.2) is 5.84 Å². The molecule has 3 N–H and O–H groups in total. The molecule has 0 saturated carbocycles. The molecule has 0 radical (unpaired) electrons. The van der Waals surface area contributed by atoms with Crippen LogP contribution >= 0.6 is 23.4 Å². The first-order valence-electron chi connectivity index (χ1n) is 5.42. The van der Waals surface area contributed by atoms with E-state index < -0.39 is 11.6 Å². The molecule has 0 amide bonds. The second-order valence-corrected chi connectivity index (χ2v) is 5.25. The predicted octanol–water partition coefficient (Wildman–Crippen LogP) is 3.86. The maximum atomic E-state index is 13.9. The number of rotatable bonds is 3. The predicted molar refractivity (Wildman–Crippen MR) is 74.4 cm³/mol. The molecule has 0 bridgehead atoms. The largest absolute Gasteiger partial charge is 0.409 e. The van der Waals surface area contributed by atoms with E-state index in [2.05, 4.69) is 5.16 Å². The van der Waals surface area contributed by atoms with Crippen molar-refractivity contribution in [1.29, 1.82) is 0 Å². The Morgan fingerprint density at radius 1 is 1.20 bits per heavy atom. The fraction of sp³-hybridized carbons (Fsp3) is 0. The van der Waals surface area contributed by atoms with Crippen LogP contribution in [0.5, 0.6) is 0 Å². The molecule has 2 rings (SSSR count). The van der Waals surface area contributed by atoms with Crippen LogP contribution in [0.15, 0.2) is 51.3 Å². The third-order valence-corrected chi connectivity index (χ3v) is 4.06. The Balaban J connectivity index is 2.41. The molecule has 0 atom stereocenters. The average molecular weight is 315 g/mol. The van der Waals surface area contributed by atoms with Gasteiger partial charge in [0.1, 0.15) is 11.6 Å². The third kappa shape index (κ3) is 3.02. The van der Waals surface area contributed by atoms with Gasteiger partial charge >= 0.3 is 0 Å². The maximum Gasteiger partial charge on any atom is 0.170 e. The highest BCUT2D eigenvalue weighted by Crippen LogP contribution is 2.36. The van der Waals surface area contributed by atoms with E-state index in [0.29, 0.717) is 9.92 Å². The highest BCUT2D eigenvalue weighted by Gasteiger charge is 2.15. The van der Waals surface area contributed by atoms with Gasteiger partial charge in [-0.1, -0.05) is 40.7 Å². The summed E-state index contributed by atoms with van der Waals surface area (Å²) >= 11 is 6.82. The topological polar surface area (TPSA) is 58.6 Å². The van der Waals surface area contributed by atoms with Gasteiger partial charge in [-0.15, -0.1) is 0 Å². The fourth-order valence-electron chi connectivity index (χ4n) is 1.50. The van der Waals surface area contributed by atoms with Crippen LogP contribution in [-0.2, 0) is 0 Å². The van der Waals surface area contributed by atoms with E-state index in [9.17, 15) is 8.78 Å². The Labute approximate surface area is 123 Å². The molecule has 0 saturated heterocycles. The Morgan fingerprint density at radius 3 is 2.35 bits per heavy atom. The summed E-state index contributed by atoms with van der Waals surface area (Å²) < 4.78 is 27.9. The van der Waals surface area contributed by atoms with E-state index in [0.717, 1.165) is 23.9 Å². The summed E-state index contributed by atoms with van der Waals surface area (Å²) in [5, 5.41) is 11.6. The molecule has 0 aromatic heterocycles. The van der Waals surface area contributed by atoms with Gasteiger partial charge in [0.05, 0.1) is 9.92 Å². The van der Waals surface area contributed by atoms with E-state index in [-0.39, 0.29) is 16.3 Å². The monoisotopic (exact) mass is 314 g/mol. The second-order valence-electron chi connectivity index (χ2n) is 3.79. The fourth-order valence-corrected chi connectivity index (χ4v) is 2.60. The van der Waals surface area contributed by atoms with Crippen molar-refractivity contribution in [3.05, 3.63) is 58.6 Å². The summed E-state index contributed by atoms with van der Waals surface area (Å²) in [5.41, 5.74) is 5.26. The minimum absolute atomic E-state index is 0.0361. The lowest BCUT2D eigenvalue weighted by Crippen LogP contribution is -2.14. The number of hydrogen-bond donors (Lipinski definition) is 2. The zero-order chi connectivity index (χ0) is 14.7. The smallest absolute Gasteiger partial charge is 0.170 e. The van der Waals surface area contributed by atoms with Crippen molar-refractivity contribution in [1.82, 2.24) is 0 Å². The van der Waals surface area contributed by atoms with Gasteiger partial charge in [-0.2, -0.15) is 0 Å². The van der Waals surface area contributed by atoms with E-state index in [1.54, 1.807) is 24.3 Å². The molecule has 0 heterocycles. The Kier molecular flexibility index (Phi) is 4.46. The Hall–Kier alpha value is -1.79. The van der Waals surface area contributed by atoms with E-state index in [4.69, 9.17) is 22.5 Å². The van der Waals surface area contributed by atoms with E-state index >= 15 is 0 Å². The molecule has 2 aromatic carbocycles. The molecule has 20 heavy (non-hydrogen) atoms. The van der Waals surface area contributed by atoms with Crippen LogP contribution in [0.25, 0.3) is 0 Å². The lowest BCUT2D eigenvalue weighted by molar-refractivity contribution is 0.318. The maximum absolute atomic E-state index is 13.9. The number of oxime groups is 1. The number of nitrogens with zero attached hydrogens (tertiary/aromatic N) is 1. The highest BCUT2D eigenvalue weighted by atomic mass is 35.5. The molecular weight excluding hydrogens is 306 g/mol. The van der Waals surface area contributed by atoms with Crippen LogP contribution in [0.2, 0.25) is 5.02 Å². The normalized spacial score (nSPS) is 11.7. The minimum atomic E-state index is -0.809. The van der Waals surface area contributed by atoms with Crippen molar-refractivity contribution in [3.63, 3.8) is 0 Å². The van der Waals surface area contributed by atoms with Gasteiger partial charge in [0.2, 0.25) is 0 Å². The van der Waals surface area contributed by atoms with Crippen molar-refractivity contribution in [2.45, 2.75) is 9.79 Å². The molecule has 0 aliphatic heterocycles. The number of halogens is 3. The average Bonchev–Trinajstić information content (AvgIpc) is 2.43. The lowest BCUT2D eigenvalue weighted by Gasteiger charge is -2.08. The zero-order valence-electron chi connectivity index (χ0n) is 9.98. The molecular formula is C13H9ClF2N2OS. The number of hydrogen-bond acceptors (Lipinski definition) is 3. The number of benzene rings is 2. The third-order valence-electron chi connectivity index (χ3n) is 2.45. The van der Waals surface area contributed by atoms with Gasteiger partial charge in [0, 0.05) is 10.5 Å². The van der Waals surface area contributed by atoms with Gasteiger partial charge < -0.3 is 10.9 Å². The van der Waals surface area contributed by atoms with Gasteiger partial charge in [-0.05, 0) is 24.3 Å². The van der Waals surface area contributed by atoms with Crippen LogP contribution in [0.1, 0.15) is 5.56 Å². The van der Waals surface area contributed by atoms with Crippen molar-refractivity contribution >= 4 is 29.2 Å². The zero-order valence-corrected chi connectivity index (χ0v) is 11.6. The van der Waals surface area contributed by atoms with E-state index in [1.165, 1.54) is 0 Å². The summed E-state index contributed by atoms with van der Waals surface area (Å²) in [6, 6.07) is 8.72. The van der Waals surface area contributed by atoms with Crippen molar-refractivity contribution in [2.75, 3.05) is 0 Å². The molecule has 7 heteroatoms. The quantitative estimate of drug-likeness (QED) is 0.391. The molecule has 3 nitrogen and oxygen atoms in total. The second kappa shape index (κ2) is 6.11. The number of nitrogens with two attached hydrogens (primary N) is 1. The standard InChI is InChI=1S/C13H9ClF2N2OS/c14-8-3-1-2-4-11(8)20-12-9(15)5-7(6-10(12)16)13(17)18-19/h1-6,19H,(H2,17,18). The molecule has 2 aromatic rings. The van der Waals surface area contributed by atoms with Crippen LogP contribution < -0.4 is 5.73 Å². The van der Waals surface area contributed by atoms with Gasteiger partial charge in [-0.25, -0.2) is 8.78 Å². The first kappa shape index (κ1) is 14.6. The summed E-state index contributed by atoms with van der Waals surface area (Å²) in [7, 11) is 0. The highest BCUT2D eigenvalue weighted by molar-refractivity contribution is 7.99. The molecule has 0 spiro atoms. The summed E-state index contributed by atoms with van der Waals surface area (Å²) in [5.74, 6) is -1.98. The van der Waals surface area contributed by atoms with Gasteiger partial charge in [-0.3, -0.25) is 0 Å². The molecule has 0 unspecified atom stereocenters. The summed E-state index contributed by atoms with van der Waals surface area (Å²) in [6.45, 7) is 0. The Bertz CT molecular complexity index is 656. The lowest BCUT2D eigenvalue weighted by atomic mass is 10.2. The summed E-state index contributed by atoms with van der Waals surface area (Å²) in [4.78, 5) is 0.330. The molecule has 0 aliphatic rings. The van der Waals surface area contributed by atoms with Crippen LogP contribution in [-0.4, -0.2) is 11.0 Å². The molecule has 0 fully saturated rings. The van der Waals surface area contributed by atoms with Crippen LogP contribution in [0, 0.1) is 11.6 Å². The van der Waals surface area contributed by atoms with E-state index in [1.807, 2.05) is 0 Å². The minimum Gasteiger partial charge on any atom is -0.409 e. The van der Waals surface area contributed by atoms with Crippen LogP contribution in [0.4, 0.5) is 8.78 Å². The SMILES string of the molecule is N/C(=N/O)c1cc(F)c(Sc2ccccc2Cl)c(F)c1. The number of amidine groups is 1. The molecule has 0 aliphatic carbocycles. The summed E-state index contributed by atoms with van der Waals surface area (Å²) in [6.07, 6.45) is 0. The van der Waals surface area contributed by atoms with Crippen molar-refractivity contribution in [3.8, 4) is 0 Å². The van der Waals surface area contributed by atoms with Crippen molar-refractivity contribution < 1.29 is 14.0 Å². The first-order chi connectivity index (χ1) is 9.52.